The maximum Gasteiger partial charge on any atom is 0.224 e. The van der Waals surface area contributed by atoms with Gasteiger partial charge in [0, 0.05) is 17.2 Å². The van der Waals surface area contributed by atoms with E-state index in [9.17, 15) is 9.90 Å². The number of thiophene rings is 1. The molecule has 0 saturated heterocycles. The smallest absolute Gasteiger partial charge is 0.224 e. The summed E-state index contributed by atoms with van der Waals surface area (Å²) in [7, 11) is 0. The molecule has 1 amide bonds. The molecule has 2 atom stereocenters. The van der Waals surface area contributed by atoms with Gasteiger partial charge >= 0.3 is 0 Å². The van der Waals surface area contributed by atoms with Crippen LogP contribution >= 0.6 is 11.3 Å². The fourth-order valence-corrected chi connectivity index (χ4v) is 3.86. The number of carbonyl (C=O) groups is 1. The summed E-state index contributed by atoms with van der Waals surface area (Å²) >= 11 is 1.71. The van der Waals surface area contributed by atoms with E-state index in [2.05, 4.69) is 28.9 Å². The highest BCUT2D eigenvalue weighted by Gasteiger charge is 2.15. The van der Waals surface area contributed by atoms with Gasteiger partial charge in [-0.1, -0.05) is 36.4 Å². The summed E-state index contributed by atoms with van der Waals surface area (Å²) in [5, 5.41) is 16.0. The van der Waals surface area contributed by atoms with E-state index in [4.69, 9.17) is 0 Å². The van der Waals surface area contributed by atoms with Crippen molar-refractivity contribution < 1.29 is 9.90 Å². The number of aliphatic hydroxyl groups excluding tert-OH is 1. The van der Waals surface area contributed by atoms with Crippen LogP contribution in [0.2, 0.25) is 0 Å². The Hall–Kier alpha value is -2.17. The molecular weight excluding hydrogens is 330 g/mol. The van der Waals surface area contributed by atoms with Crippen LogP contribution in [0.3, 0.4) is 0 Å². The first kappa shape index (κ1) is 17.6. The van der Waals surface area contributed by atoms with Gasteiger partial charge in [0.1, 0.15) is 0 Å². The average molecular weight is 353 g/mol. The Labute approximate surface area is 152 Å². The quantitative estimate of drug-likeness (QED) is 0.671. The second-order valence-corrected chi connectivity index (χ2v) is 7.41. The van der Waals surface area contributed by atoms with Crippen molar-refractivity contribution in [2.24, 2.45) is 0 Å². The first-order chi connectivity index (χ1) is 12.1. The minimum atomic E-state index is -0.400. The zero-order chi connectivity index (χ0) is 17.6. The van der Waals surface area contributed by atoms with E-state index in [0.29, 0.717) is 19.4 Å². The lowest BCUT2D eigenvalue weighted by molar-refractivity contribution is -0.120. The Morgan fingerprint density at radius 1 is 1.16 bits per heavy atom. The van der Waals surface area contributed by atoms with Gasteiger partial charge in [0.15, 0.2) is 0 Å². The molecule has 0 spiro atoms. The molecule has 1 heterocycles. The molecule has 2 N–H and O–H groups in total. The number of hydrogen-bond donors (Lipinski definition) is 2. The van der Waals surface area contributed by atoms with E-state index < -0.39 is 6.10 Å². The standard InChI is InChI=1S/C21H23NO2S/c1-15(23)11-19(17-5-3-2-4-6-17)14-22-21(24)13-16-7-8-20-18(12-16)9-10-25-20/h2-10,12,15,19,23H,11,13-14H2,1H3,(H,22,24). The molecule has 0 radical (unpaired) electrons. The Morgan fingerprint density at radius 2 is 1.96 bits per heavy atom. The third kappa shape index (κ3) is 4.91. The number of rotatable bonds is 7. The van der Waals surface area contributed by atoms with Crippen molar-refractivity contribution in [1.29, 1.82) is 0 Å². The van der Waals surface area contributed by atoms with Crippen molar-refractivity contribution in [2.45, 2.75) is 31.8 Å². The van der Waals surface area contributed by atoms with Crippen LogP contribution in [0.15, 0.2) is 60.0 Å². The molecule has 0 aliphatic rings. The lowest BCUT2D eigenvalue weighted by Gasteiger charge is -2.19. The van der Waals surface area contributed by atoms with Crippen molar-refractivity contribution in [1.82, 2.24) is 5.32 Å². The minimum absolute atomic E-state index is 0.0149. The van der Waals surface area contributed by atoms with Crippen LogP contribution in [0, 0.1) is 0 Å². The summed E-state index contributed by atoms with van der Waals surface area (Å²) in [4.78, 5) is 12.3. The molecule has 2 unspecified atom stereocenters. The third-order valence-electron chi connectivity index (χ3n) is 4.32. The van der Waals surface area contributed by atoms with Gasteiger partial charge < -0.3 is 10.4 Å². The normalized spacial score (nSPS) is 13.5. The Morgan fingerprint density at radius 3 is 2.72 bits per heavy atom. The zero-order valence-electron chi connectivity index (χ0n) is 14.3. The lowest BCUT2D eigenvalue weighted by Crippen LogP contribution is -2.30. The van der Waals surface area contributed by atoms with E-state index in [1.807, 2.05) is 36.4 Å². The van der Waals surface area contributed by atoms with Crippen LogP contribution in [-0.4, -0.2) is 23.7 Å². The van der Waals surface area contributed by atoms with Crippen molar-refractivity contribution in [2.75, 3.05) is 6.54 Å². The summed E-state index contributed by atoms with van der Waals surface area (Å²) in [5.74, 6) is 0.130. The molecule has 2 aromatic carbocycles. The zero-order valence-corrected chi connectivity index (χ0v) is 15.1. The molecular formula is C21H23NO2S. The fourth-order valence-electron chi connectivity index (χ4n) is 3.09. The predicted octanol–water partition coefficient (Wildman–Crippen LogP) is 4.11. The van der Waals surface area contributed by atoms with Crippen LogP contribution in [0.5, 0.6) is 0 Å². The van der Waals surface area contributed by atoms with Gasteiger partial charge in [-0.25, -0.2) is 0 Å². The largest absolute Gasteiger partial charge is 0.393 e. The molecule has 130 valence electrons. The molecule has 3 rings (SSSR count). The number of hydrogen-bond acceptors (Lipinski definition) is 3. The first-order valence-electron chi connectivity index (χ1n) is 8.57. The Balaban J connectivity index is 1.60. The molecule has 0 fully saturated rings. The number of aliphatic hydroxyl groups is 1. The van der Waals surface area contributed by atoms with Gasteiger partial charge in [0.25, 0.3) is 0 Å². The summed E-state index contributed by atoms with van der Waals surface area (Å²) in [5.41, 5.74) is 2.17. The topological polar surface area (TPSA) is 49.3 Å². The van der Waals surface area contributed by atoms with Gasteiger partial charge in [0.05, 0.1) is 12.5 Å². The molecule has 0 aliphatic carbocycles. The second-order valence-electron chi connectivity index (χ2n) is 6.47. The molecule has 3 aromatic rings. The molecule has 3 nitrogen and oxygen atoms in total. The van der Waals surface area contributed by atoms with Crippen molar-refractivity contribution in [3.63, 3.8) is 0 Å². The highest BCUT2D eigenvalue weighted by molar-refractivity contribution is 7.17. The van der Waals surface area contributed by atoms with Gasteiger partial charge in [-0.3, -0.25) is 4.79 Å². The van der Waals surface area contributed by atoms with Crippen molar-refractivity contribution >= 4 is 27.3 Å². The summed E-state index contributed by atoms with van der Waals surface area (Å²) in [6.07, 6.45) is 0.607. The number of fused-ring (bicyclic) bond motifs is 1. The van der Waals surface area contributed by atoms with Crippen LogP contribution in [0.1, 0.15) is 30.4 Å². The van der Waals surface area contributed by atoms with Crippen molar-refractivity contribution in [3.8, 4) is 0 Å². The molecule has 25 heavy (non-hydrogen) atoms. The number of carbonyl (C=O) groups excluding carboxylic acids is 1. The minimum Gasteiger partial charge on any atom is -0.393 e. The predicted molar refractivity (Wildman–Crippen MR) is 104 cm³/mol. The molecule has 4 heteroatoms. The number of amides is 1. The molecule has 0 bridgehead atoms. The highest BCUT2D eigenvalue weighted by Crippen LogP contribution is 2.22. The Kier molecular flexibility index (Phi) is 5.84. The van der Waals surface area contributed by atoms with Crippen molar-refractivity contribution in [3.05, 3.63) is 71.1 Å². The maximum atomic E-state index is 12.3. The van der Waals surface area contributed by atoms with Gasteiger partial charge in [0.2, 0.25) is 5.91 Å². The van der Waals surface area contributed by atoms with Crippen LogP contribution < -0.4 is 5.32 Å². The maximum absolute atomic E-state index is 12.3. The average Bonchev–Trinajstić information content (AvgIpc) is 3.07. The summed E-state index contributed by atoms with van der Waals surface area (Å²) < 4.78 is 1.24. The lowest BCUT2D eigenvalue weighted by atomic mass is 9.93. The van der Waals surface area contributed by atoms with E-state index in [-0.39, 0.29) is 11.8 Å². The van der Waals surface area contributed by atoms with E-state index >= 15 is 0 Å². The highest BCUT2D eigenvalue weighted by atomic mass is 32.1. The molecule has 0 saturated carbocycles. The second kappa shape index (κ2) is 8.28. The van der Waals surface area contributed by atoms with Gasteiger partial charge in [-0.05, 0) is 53.4 Å². The number of benzene rings is 2. The summed E-state index contributed by atoms with van der Waals surface area (Å²) in [6, 6.07) is 18.3. The fraction of sp³-hybridized carbons (Fsp3) is 0.286. The van der Waals surface area contributed by atoms with Crippen LogP contribution in [0.4, 0.5) is 0 Å². The van der Waals surface area contributed by atoms with E-state index in [1.54, 1.807) is 18.3 Å². The summed E-state index contributed by atoms with van der Waals surface area (Å²) in [6.45, 7) is 2.32. The van der Waals surface area contributed by atoms with Gasteiger partial charge in [-0.2, -0.15) is 0 Å². The van der Waals surface area contributed by atoms with Crippen LogP contribution in [-0.2, 0) is 11.2 Å². The number of nitrogens with one attached hydrogen (secondary N) is 1. The van der Waals surface area contributed by atoms with Crippen LogP contribution in [0.25, 0.3) is 10.1 Å². The Bertz CT molecular complexity index is 826. The SMILES string of the molecule is CC(O)CC(CNC(=O)Cc1ccc2sccc2c1)c1ccccc1. The van der Waals surface area contributed by atoms with Gasteiger partial charge in [-0.15, -0.1) is 11.3 Å². The van der Waals surface area contributed by atoms with E-state index in [0.717, 1.165) is 11.1 Å². The first-order valence-corrected chi connectivity index (χ1v) is 9.45. The van der Waals surface area contributed by atoms with E-state index in [1.165, 1.54) is 10.1 Å². The monoisotopic (exact) mass is 353 g/mol. The third-order valence-corrected chi connectivity index (χ3v) is 5.22. The molecule has 1 aromatic heterocycles. The molecule has 0 aliphatic heterocycles.